The summed E-state index contributed by atoms with van der Waals surface area (Å²) in [5.74, 6) is -0.0486. The van der Waals surface area contributed by atoms with Crippen LogP contribution in [0.15, 0.2) is 30.0 Å². The number of anilines is 1. The van der Waals surface area contributed by atoms with Crippen molar-refractivity contribution in [3.63, 3.8) is 0 Å². The number of fused-ring (bicyclic) bond motifs is 1. The van der Waals surface area contributed by atoms with E-state index in [1.165, 1.54) is 6.08 Å². The molecule has 0 radical (unpaired) electrons. The average Bonchev–Trinajstić information content (AvgIpc) is 2.93. The maximum atomic E-state index is 12.0. The predicted molar refractivity (Wildman–Crippen MR) is 76.3 cm³/mol. The number of imide groups is 1. The Labute approximate surface area is 120 Å². The number of nitrogens with one attached hydrogen (secondary N) is 2. The zero-order valence-corrected chi connectivity index (χ0v) is 11.4. The van der Waals surface area contributed by atoms with E-state index < -0.39 is 11.8 Å². The van der Waals surface area contributed by atoms with Gasteiger partial charge in [-0.1, -0.05) is 0 Å². The molecule has 21 heavy (non-hydrogen) atoms. The molecule has 108 valence electrons. The number of amides is 2. The molecule has 1 aromatic heterocycles. The number of aliphatic hydroxyl groups is 1. The Hall–Kier alpha value is -2.67. The molecule has 1 aromatic carbocycles. The van der Waals surface area contributed by atoms with Crippen LogP contribution >= 0.6 is 0 Å². The molecule has 0 unspecified atom stereocenters. The summed E-state index contributed by atoms with van der Waals surface area (Å²) in [5, 5.41) is 11.8. The zero-order chi connectivity index (χ0) is 15.0. The lowest BCUT2D eigenvalue weighted by molar-refractivity contribution is -0.137. The fraction of sp³-hybridized carbons (Fsp3) is 0.214. The van der Waals surface area contributed by atoms with Crippen molar-refractivity contribution < 1.29 is 14.7 Å². The van der Waals surface area contributed by atoms with Crippen molar-refractivity contribution >= 4 is 28.5 Å². The van der Waals surface area contributed by atoms with Gasteiger partial charge in [0.1, 0.15) is 11.5 Å². The molecule has 3 rings (SSSR count). The number of carbonyl (C=O) groups is 2. The minimum atomic E-state index is -0.435. The van der Waals surface area contributed by atoms with E-state index in [0.717, 1.165) is 21.8 Å². The molecule has 1 aliphatic heterocycles. The van der Waals surface area contributed by atoms with E-state index in [2.05, 4.69) is 15.3 Å². The van der Waals surface area contributed by atoms with Gasteiger partial charge in [0.2, 0.25) is 0 Å². The molecule has 2 aromatic rings. The highest BCUT2D eigenvalue weighted by atomic mass is 16.3. The molecule has 3 N–H and O–H groups in total. The smallest absolute Gasteiger partial charge is 0.277 e. The first-order valence-electron chi connectivity index (χ1n) is 6.50. The predicted octanol–water partition coefficient (Wildman–Crippen LogP) is 0.528. The Balaban J connectivity index is 1.83. The highest BCUT2D eigenvalue weighted by molar-refractivity contribution is 6.17. The third-order valence-electron chi connectivity index (χ3n) is 3.21. The summed E-state index contributed by atoms with van der Waals surface area (Å²) in [7, 11) is 0. The second-order valence-corrected chi connectivity index (χ2v) is 4.76. The number of aryl methyl sites for hydroxylation is 1. The van der Waals surface area contributed by atoms with Crippen LogP contribution in [-0.2, 0) is 9.59 Å². The average molecular weight is 286 g/mol. The largest absolute Gasteiger partial charge is 0.395 e. The maximum Gasteiger partial charge on any atom is 0.277 e. The fourth-order valence-electron chi connectivity index (χ4n) is 2.28. The summed E-state index contributed by atoms with van der Waals surface area (Å²) < 4.78 is 0. The number of aliphatic hydroxyl groups excluding tert-OH is 1. The Morgan fingerprint density at radius 2 is 2.19 bits per heavy atom. The number of H-pyrrole nitrogens is 1. The lowest BCUT2D eigenvalue weighted by Crippen LogP contribution is -2.34. The van der Waals surface area contributed by atoms with Crippen LogP contribution in [0.5, 0.6) is 0 Å². The topological polar surface area (TPSA) is 98.3 Å². The molecule has 0 saturated carbocycles. The minimum Gasteiger partial charge on any atom is -0.395 e. The summed E-state index contributed by atoms with van der Waals surface area (Å²) >= 11 is 0. The number of imidazole rings is 1. The van der Waals surface area contributed by atoms with Crippen molar-refractivity contribution in [3.05, 3.63) is 35.8 Å². The van der Waals surface area contributed by atoms with E-state index in [1.807, 2.05) is 19.1 Å². The van der Waals surface area contributed by atoms with Crippen molar-refractivity contribution in [2.75, 3.05) is 18.5 Å². The molecule has 0 saturated heterocycles. The van der Waals surface area contributed by atoms with Gasteiger partial charge in [-0.2, -0.15) is 0 Å². The van der Waals surface area contributed by atoms with Crippen molar-refractivity contribution in [2.45, 2.75) is 6.92 Å². The molecule has 7 heteroatoms. The first kappa shape index (κ1) is 13.3. The van der Waals surface area contributed by atoms with E-state index in [0.29, 0.717) is 5.69 Å². The molecule has 0 fully saturated rings. The Morgan fingerprint density at radius 3 is 2.95 bits per heavy atom. The molecule has 7 nitrogen and oxygen atoms in total. The quantitative estimate of drug-likeness (QED) is 0.712. The summed E-state index contributed by atoms with van der Waals surface area (Å²) in [6, 6.07) is 5.44. The Morgan fingerprint density at radius 1 is 1.38 bits per heavy atom. The number of aromatic nitrogens is 2. The normalized spacial score (nSPS) is 15.0. The van der Waals surface area contributed by atoms with E-state index in [1.54, 1.807) is 6.07 Å². The van der Waals surface area contributed by atoms with Crippen LogP contribution in [-0.4, -0.2) is 44.9 Å². The first-order chi connectivity index (χ1) is 10.1. The zero-order valence-electron chi connectivity index (χ0n) is 11.4. The number of nitrogens with zero attached hydrogens (tertiary/aromatic N) is 2. The molecule has 0 aliphatic carbocycles. The van der Waals surface area contributed by atoms with Gasteiger partial charge in [-0.15, -0.1) is 0 Å². The van der Waals surface area contributed by atoms with Gasteiger partial charge in [0.05, 0.1) is 24.2 Å². The van der Waals surface area contributed by atoms with Crippen LogP contribution in [0.25, 0.3) is 11.0 Å². The van der Waals surface area contributed by atoms with Crippen LogP contribution in [0.2, 0.25) is 0 Å². The van der Waals surface area contributed by atoms with Crippen molar-refractivity contribution in [1.29, 1.82) is 0 Å². The molecule has 0 bridgehead atoms. The highest BCUT2D eigenvalue weighted by Gasteiger charge is 2.30. The molecular weight excluding hydrogens is 272 g/mol. The summed E-state index contributed by atoms with van der Waals surface area (Å²) in [6.07, 6.45) is 1.24. The van der Waals surface area contributed by atoms with Gasteiger partial charge >= 0.3 is 0 Å². The van der Waals surface area contributed by atoms with Crippen LogP contribution in [0.3, 0.4) is 0 Å². The van der Waals surface area contributed by atoms with Gasteiger partial charge in [-0.05, 0) is 25.1 Å². The third-order valence-corrected chi connectivity index (χ3v) is 3.21. The third kappa shape index (κ3) is 2.38. The first-order valence-corrected chi connectivity index (χ1v) is 6.50. The van der Waals surface area contributed by atoms with Gasteiger partial charge in [-0.3, -0.25) is 14.5 Å². The molecular formula is C14H14N4O3. The van der Waals surface area contributed by atoms with E-state index in [-0.39, 0.29) is 18.8 Å². The summed E-state index contributed by atoms with van der Waals surface area (Å²) in [4.78, 5) is 32.1. The highest BCUT2D eigenvalue weighted by Crippen LogP contribution is 2.21. The monoisotopic (exact) mass is 286 g/mol. The lowest BCUT2D eigenvalue weighted by Gasteiger charge is -2.13. The Bertz CT molecular complexity index is 763. The van der Waals surface area contributed by atoms with Gasteiger partial charge in [0.15, 0.2) is 0 Å². The van der Waals surface area contributed by atoms with Crippen molar-refractivity contribution in [1.82, 2.24) is 14.9 Å². The van der Waals surface area contributed by atoms with Gasteiger partial charge < -0.3 is 15.4 Å². The fourth-order valence-corrected chi connectivity index (χ4v) is 2.28. The van der Waals surface area contributed by atoms with E-state index >= 15 is 0 Å². The number of hydrogen-bond acceptors (Lipinski definition) is 5. The van der Waals surface area contributed by atoms with Crippen LogP contribution in [0, 0.1) is 6.92 Å². The number of aromatic amines is 1. The number of rotatable bonds is 4. The van der Waals surface area contributed by atoms with Gasteiger partial charge in [-0.25, -0.2) is 4.98 Å². The van der Waals surface area contributed by atoms with Gasteiger partial charge in [0.25, 0.3) is 11.8 Å². The number of carbonyl (C=O) groups excluding carboxylic acids is 2. The Kier molecular flexibility index (Phi) is 3.19. The summed E-state index contributed by atoms with van der Waals surface area (Å²) in [6.45, 7) is 1.61. The molecule has 2 amide bonds. The standard InChI is InChI=1S/C14H14N4O3/c1-8-15-10-3-2-9(6-11(10)16-8)17-12-7-13(20)18(4-5-19)14(12)21/h2-3,6-7,17,19H,4-5H2,1H3,(H,15,16). The molecule has 1 aliphatic rings. The lowest BCUT2D eigenvalue weighted by atomic mass is 10.2. The van der Waals surface area contributed by atoms with E-state index in [9.17, 15) is 9.59 Å². The number of benzene rings is 1. The van der Waals surface area contributed by atoms with E-state index in [4.69, 9.17) is 5.11 Å². The molecule has 0 atom stereocenters. The molecule has 0 spiro atoms. The SMILES string of the molecule is Cc1nc2ccc(NC3=CC(=O)N(CCO)C3=O)cc2[nH]1. The van der Waals surface area contributed by atoms with Crippen LogP contribution < -0.4 is 5.32 Å². The maximum absolute atomic E-state index is 12.0. The van der Waals surface area contributed by atoms with Crippen LogP contribution in [0.4, 0.5) is 5.69 Å². The summed E-state index contributed by atoms with van der Waals surface area (Å²) in [5.41, 5.74) is 2.57. The van der Waals surface area contributed by atoms with Crippen LogP contribution in [0.1, 0.15) is 5.82 Å². The van der Waals surface area contributed by atoms with Crippen molar-refractivity contribution in [2.24, 2.45) is 0 Å². The van der Waals surface area contributed by atoms with Crippen molar-refractivity contribution in [3.8, 4) is 0 Å². The number of β-amino-alcohol motifs (C(OH)–C–C–N with tert-alkyl or cyclic N) is 1. The molecule has 2 heterocycles. The second kappa shape index (κ2) is 5.02. The minimum absolute atomic E-state index is 0.00186. The number of hydrogen-bond donors (Lipinski definition) is 3. The van der Waals surface area contributed by atoms with Gasteiger partial charge in [0, 0.05) is 11.8 Å². The second-order valence-electron chi connectivity index (χ2n) is 4.76.